The molecule has 2 aromatic rings. The summed E-state index contributed by atoms with van der Waals surface area (Å²) in [6, 6.07) is 10.4. The topological polar surface area (TPSA) is 57.7 Å². The van der Waals surface area contributed by atoms with Gasteiger partial charge in [-0.15, -0.1) is 0 Å². The first-order valence-corrected chi connectivity index (χ1v) is 6.18. The standard InChI is InChI=1S/C15H15NO4/c1-3-19-15(17)11-4-9-14(16-10-11)20-13-7-5-12(18-2)6-8-13/h4-10H,3H2,1-2H3. The molecule has 0 aliphatic heterocycles. The van der Waals surface area contributed by atoms with Crippen molar-refractivity contribution in [2.45, 2.75) is 6.92 Å². The second kappa shape index (κ2) is 6.56. The van der Waals surface area contributed by atoms with Crippen LogP contribution < -0.4 is 9.47 Å². The number of nitrogens with zero attached hydrogens (tertiary/aromatic N) is 1. The molecule has 0 unspecified atom stereocenters. The molecule has 0 atom stereocenters. The zero-order valence-corrected chi connectivity index (χ0v) is 11.3. The van der Waals surface area contributed by atoms with E-state index in [4.69, 9.17) is 14.2 Å². The van der Waals surface area contributed by atoms with Gasteiger partial charge in [-0.25, -0.2) is 9.78 Å². The molecule has 5 nitrogen and oxygen atoms in total. The number of carbonyl (C=O) groups is 1. The summed E-state index contributed by atoms with van der Waals surface area (Å²) in [7, 11) is 1.60. The van der Waals surface area contributed by atoms with Crippen molar-refractivity contribution in [3.8, 4) is 17.4 Å². The van der Waals surface area contributed by atoms with E-state index in [0.29, 0.717) is 23.8 Å². The summed E-state index contributed by atoms with van der Waals surface area (Å²) < 4.78 is 15.5. The molecule has 0 radical (unpaired) electrons. The van der Waals surface area contributed by atoms with Crippen LogP contribution in [0.4, 0.5) is 0 Å². The van der Waals surface area contributed by atoms with Crippen molar-refractivity contribution >= 4 is 5.97 Å². The Balaban J connectivity index is 2.04. The van der Waals surface area contributed by atoms with Crippen LogP contribution in [0.5, 0.6) is 17.4 Å². The third-order valence-electron chi connectivity index (χ3n) is 2.53. The van der Waals surface area contributed by atoms with Gasteiger partial charge in [-0.2, -0.15) is 0 Å². The number of pyridine rings is 1. The Hall–Kier alpha value is -2.56. The van der Waals surface area contributed by atoms with Gasteiger partial charge in [-0.05, 0) is 37.3 Å². The van der Waals surface area contributed by atoms with Crippen LogP contribution in [0.25, 0.3) is 0 Å². The lowest BCUT2D eigenvalue weighted by atomic mass is 10.3. The van der Waals surface area contributed by atoms with Crippen LogP contribution in [0.3, 0.4) is 0 Å². The van der Waals surface area contributed by atoms with E-state index < -0.39 is 5.97 Å². The molecule has 0 amide bonds. The van der Waals surface area contributed by atoms with Crippen LogP contribution in [0, 0.1) is 0 Å². The van der Waals surface area contributed by atoms with Crippen molar-refractivity contribution in [3.05, 3.63) is 48.2 Å². The summed E-state index contributed by atoms with van der Waals surface area (Å²) in [5, 5.41) is 0. The van der Waals surface area contributed by atoms with Crippen LogP contribution in [0.1, 0.15) is 17.3 Å². The Labute approximate surface area is 117 Å². The molecule has 1 aromatic carbocycles. The van der Waals surface area contributed by atoms with Crippen LogP contribution >= 0.6 is 0 Å². The molecule has 0 aliphatic carbocycles. The largest absolute Gasteiger partial charge is 0.497 e. The Kier molecular flexibility index (Phi) is 4.55. The van der Waals surface area contributed by atoms with Gasteiger partial charge in [0.25, 0.3) is 0 Å². The first kappa shape index (κ1) is 13.9. The van der Waals surface area contributed by atoms with Crippen molar-refractivity contribution in [1.29, 1.82) is 0 Å². The Morgan fingerprint density at radius 3 is 2.35 bits per heavy atom. The number of ether oxygens (including phenoxy) is 3. The Morgan fingerprint density at radius 2 is 1.80 bits per heavy atom. The lowest BCUT2D eigenvalue weighted by Crippen LogP contribution is -2.04. The minimum atomic E-state index is -0.393. The third kappa shape index (κ3) is 3.47. The fourth-order valence-corrected chi connectivity index (χ4v) is 1.54. The monoisotopic (exact) mass is 273 g/mol. The van der Waals surface area contributed by atoms with Gasteiger partial charge in [-0.3, -0.25) is 0 Å². The number of methoxy groups -OCH3 is 1. The second-order valence-corrected chi connectivity index (χ2v) is 3.88. The number of aromatic nitrogens is 1. The lowest BCUT2D eigenvalue weighted by molar-refractivity contribution is 0.0526. The molecule has 1 heterocycles. The van der Waals surface area contributed by atoms with Crippen LogP contribution in [0.15, 0.2) is 42.6 Å². The maximum Gasteiger partial charge on any atom is 0.339 e. The Morgan fingerprint density at radius 1 is 1.10 bits per heavy atom. The van der Waals surface area contributed by atoms with Crippen LogP contribution in [0.2, 0.25) is 0 Å². The predicted octanol–water partition coefficient (Wildman–Crippen LogP) is 3.06. The van der Waals surface area contributed by atoms with Crippen molar-refractivity contribution in [2.75, 3.05) is 13.7 Å². The van der Waals surface area contributed by atoms with E-state index >= 15 is 0 Å². The molecule has 0 aliphatic rings. The summed E-state index contributed by atoms with van der Waals surface area (Å²) in [4.78, 5) is 15.5. The lowest BCUT2D eigenvalue weighted by Gasteiger charge is -2.06. The van der Waals surface area contributed by atoms with E-state index in [9.17, 15) is 4.79 Å². The van der Waals surface area contributed by atoms with E-state index in [0.717, 1.165) is 5.75 Å². The number of rotatable bonds is 5. The van der Waals surface area contributed by atoms with Crippen molar-refractivity contribution in [2.24, 2.45) is 0 Å². The molecule has 0 bridgehead atoms. The summed E-state index contributed by atoms with van der Waals surface area (Å²) in [5.41, 5.74) is 0.397. The van der Waals surface area contributed by atoms with Gasteiger partial charge in [0, 0.05) is 12.3 Å². The number of hydrogen-bond donors (Lipinski definition) is 0. The number of carbonyl (C=O) groups excluding carboxylic acids is 1. The molecular weight excluding hydrogens is 258 g/mol. The molecular formula is C15H15NO4. The van der Waals surface area contributed by atoms with E-state index in [2.05, 4.69) is 4.98 Å². The summed E-state index contributed by atoms with van der Waals surface area (Å²) in [6.07, 6.45) is 1.43. The average Bonchev–Trinajstić information content (AvgIpc) is 2.49. The molecule has 0 saturated heterocycles. The first-order valence-electron chi connectivity index (χ1n) is 6.18. The van der Waals surface area contributed by atoms with E-state index in [1.54, 1.807) is 50.4 Å². The molecule has 1 aromatic heterocycles. The summed E-state index contributed by atoms with van der Waals surface area (Å²) in [5.74, 6) is 1.41. The zero-order valence-electron chi connectivity index (χ0n) is 11.3. The van der Waals surface area contributed by atoms with Crippen molar-refractivity contribution in [3.63, 3.8) is 0 Å². The van der Waals surface area contributed by atoms with Gasteiger partial charge >= 0.3 is 5.97 Å². The molecule has 104 valence electrons. The molecule has 0 spiro atoms. The quantitative estimate of drug-likeness (QED) is 0.784. The van der Waals surface area contributed by atoms with E-state index in [1.165, 1.54) is 6.20 Å². The molecule has 0 saturated carbocycles. The number of hydrogen-bond acceptors (Lipinski definition) is 5. The van der Waals surface area contributed by atoms with Gasteiger partial charge < -0.3 is 14.2 Å². The minimum Gasteiger partial charge on any atom is -0.497 e. The van der Waals surface area contributed by atoms with E-state index in [-0.39, 0.29) is 0 Å². The fraction of sp³-hybridized carbons (Fsp3) is 0.200. The number of esters is 1. The maximum absolute atomic E-state index is 11.5. The normalized spacial score (nSPS) is 9.90. The first-order chi connectivity index (χ1) is 9.72. The number of benzene rings is 1. The summed E-state index contributed by atoms with van der Waals surface area (Å²) in [6.45, 7) is 2.09. The SMILES string of the molecule is CCOC(=O)c1ccc(Oc2ccc(OC)cc2)nc1. The maximum atomic E-state index is 11.5. The van der Waals surface area contributed by atoms with Gasteiger partial charge in [0.2, 0.25) is 5.88 Å². The fourth-order valence-electron chi connectivity index (χ4n) is 1.54. The second-order valence-electron chi connectivity index (χ2n) is 3.88. The zero-order chi connectivity index (χ0) is 14.4. The van der Waals surface area contributed by atoms with Crippen molar-refractivity contribution < 1.29 is 19.0 Å². The molecule has 2 rings (SSSR count). The van der Waals surface area contributed by atoms with Crippen LogP contribution in [-0.2, 0) is 4.74 Å². The highest BCUT2D eigenvalue weighted by molar-refractivity contribution is 5.89. The van der Waals surface area contributed by atoms with Crippen molar-refractivity contribution in [1.82, 2.24) is 4.98 Å². The van der Waals surface area contributed by atoms with Crippen LogP contribution in [-0.4, -0.2) is 24.7 Å². The smallest absolute Gasteiger partial charge is 0.339 e. The molecule has 0 N–H and O–H groups in total. The highest BCUT2D eigenvalue weighted by Gasteiger charge is 2.07. The predicted molar refractivity (Wildman–Crippen MR) is 73.3 cm³/mol. The molecule has 0 fully saturated rings. The highest BCUT2D eigenvalue weighted by Crippen LogP contribution is 2.22. The Bertz CT molecular complexity index is 563. The van der Waals surface area contributed by atoms with Gasteiger partial charge in [0.15, 0.2) is 0 Å². The minimum absolute atomic E-state index is 0.336. The van der Waals surface area contributed by atoms with Gasteiger partial charge in [0.1, 0.15) is 11.5 Å². The van der Waals surface area contributed by atoms with Gasteiger partial charge in [0.05, 0.1) is 19.3 Å². The molecule has 20 heavy (non-hydrogen) atoms. The molecule has 5 heteroatoms. The van der Waals surface area contributed by atoms with E-state index in [1.807, 2.05) is 0 Å². The third-order valence-corrected chi connectivity index (χ3v) is 2.53. The highest BCUT2D eigenvalue weighted by atomic mass is 16.5. The average molecular weight is 273 g/mol. The van der Waals surface area contributed by atoms with Gasteiger partial charge in [-0.1, -0.05) is 0 Å². The summed E-state index contributed by atoms with van der Waals surface area (Å²) >= 11 is 0.